The number of carboxylic acid groups (broad SMARTS) is 2. The van der Waals surface area contributed by atoms with Gasteiger partial charge in [0.15, 0.2) is 0 Å². The summed E-state index contributed by atoms with van der Waals surface area (Å²) in [6, 6.07) is 3.17. The molecule has 13 heteroatoms. The van der Waals surface area contributed by atoms with E-state index in [1.54, 1.807) is 13.0 Å². The van der Waals surface area contributed by atoms with Crippen molar-refractivity contribution in [3.05, 3.63) is 45.1 Å². The Morgan fingerprint density at radius 2 is 1.87 bits per heavy atom. The minimum atomic E-state index is -4.12. The quantitative estimate of drug-likeness (QED) is 0.312. The van der Waals surface area contributed by atoms with E-state index in [9.17, 15) is 32.7 Å². The van der Waals surface area contributed by atoms with Gasteiger partial charge in [0.1, 0.15) is 17.6 Å². The molecule has 2 rings (SSSR count). The minimum Gasteiger partial charge on any atom is -0.507 e. The molecule has 166 valence electrons. The fraction of sp³-hybridized carbons (Fsp3) is 0.222. The number of hydrogen-bond acceptors (Lipinski definition) is 8. The Kier molecular flexibility index (Phi) is 7.49. The van der Waals surface area contributed by atoms with E-state index >= 15 is 0 Å². The molecule has 31 heavy (non-hydrogen) atoms. The summed E-state index contributed by atoms with van der Waals surface area (Å²) < 4.78 is 27.2. The Morgan fingerprint density at radius 1 is 1.19 bits per heavy atom. The van der Waals surface area contributed by atoms with E-state index in [1.807, 2.05) is 0 Å². The molecule has 0 bridgehead atoms. The number of aldehydes is 1. The highest BCUT2D eigenvalue weighted by atomic mass is 32.2. The van der Waals surface area contributed by atoms with E-state index in [1.165, 1.54) is 0 Å². The van der Waals surface area contributed by atoms with Gasteiger partial charge in [0.2, 0.25) is 10.0 Å². The molecule has 11 nitrogen and oxygen atoms in total. The zero-order valence-electron chi connectivity index (χ0n) is 16.0. The van der Waals surface area contributed by atoms with Crippen LogP contribution in [0.3, 0.4) is 0 Å². The lowest BCUT2D eigenvalue weighted by Crippen LogP contribution is -2.37. The maximum atomic E-state index is 12.4. The molecule has 2 aromatic rings. The Labute approximate surface area is 180 Å². The van der Waals surface area contributed by atoms with Crippen LogP contribution in [0.1, 0.15) is 36.9 Å². The van der Waals surface area contributed by atoms with Crippen molar-refractivity contribution < 1.29 is 42.9 Å². The van der Waals surface area contributed by atoms with Gasteiger partial charge >= 0.3 is 11.9 Å². The molecule has 1 heterocycles. The van der Waals surface area contributed by atoms with Crippen LogP contribution in [0.15, 0.2) is 29.2 Å². The molecule has 0 aliphatic rings. The number of aromatic carboxylic acids is 1. The highest BCUT2D eigenvalue weighted by Gasteiger charge is 2.22. The van der Waals surface area contributed by atoms with Crippen LogP contribution in [0.4, 0.5) is 0 Å². The summed E-state index contributed by atoms with van der Waals surface area (Å²) in [6.07, 6.45) is -0.260. The summed E-state index contributed by atoms with van der Waals surface area (Å²) >= 11 is 0.949. The zero-order valence-corrected chi connectivity index (χ0v) is 17.6. The molecule has 0 saturated carbocycles. The molecule has 0 aliphatic carbocycles. The highest BCUT2D eigenvalue weighted by Crippen LogP contribution is 2.24. The van der Waals surface area contributed by atoms with Crippen LogP contribution in [0.5, 0.6) is 5.75 Å². The summed E-state index contributed by atoms with van der Waals surface area (Å²) in [4.78, 5) is 45.3. The average Bonchev–Trinajstić information content (AvgIpc) is 3.06. The third-order valence-corrected chi connectivity index (χ3v) is 6.63. The van der Waals surface area contributed by atoms with Gasteiger partial charge in [-0.25, -0.2) is 17.9 Å². The highest BCUT2D eigenvalue weighted by molar-refractivity contribution is 7.89. The fourth-order valence-electron chi connectivity index (χ4n) is 2.52. The SMILES string of the molecule is Cc1cc(CNS(=O)(=O)c2ccc(O)c(C(=O)O)c2)sc1C(=O)N[C@H](C=O)CC(=O)O. The molecule has 1 amide bonds. The first-order valence-electron chi connectivity index (χ1n) is 8.58. The van der Waals surface area contributed by atoms with Crippen molar-refractivity contribution in [1.82, 2.24) is 10.0 Å². The van der Waals surface area contributed by atoms with Gasteiger partial charge in [-0.1, -0.05) is 0 Å². The van der Waals surface area contributed by atoms with E-state index in [0.29, 0.717) is 16.7 Å². The summed E-state index contributed by atoms with van der Waals surface area (Å²) in [7, 11) is -4.12. The lowest BCUT2D eigenvalue weighted by Gasteiger charge is -2.09. The van der Waals surface area contributed by atoms with Crippen molar-refractivity contribution >= 4 is 45.5 Å². The van der Waals surface area contributed by atoms with Gasteiger partial charge in [-0.15, -0.1) is 11.3 Å². The largest absolute Gasteiger partial charge is 0.507 e. The molecule has 0 unspecified atom stereocenters. The Morgan fingerprint density at radius 3 is 2.45 bits per heavy atom. The zero-order chi connectivity index (χ0) is 23.3. The Balaban J connectivity index is 2.14. The summed E-state index contributed by atoms with van der Waals surface area (Å²) in [5, 5.41) is 29.6. The number of hydrogen-bond donors (Lipinski definition) is 5. The number of carbonyl (C=O) groups excluding carboxylic acids is 2. The van der Waals surface area contributed by atoms with E-state index in [4.69, 9.17) is 10.2 Å². The standard InChI is InChI=1S/C18H18N2O9S2/c1-9-4-11(30-16(9)17(25)20-10(8-21)5-15(23)24)7-19-31(28,29)12-2-3-14(22)13(6-12)18(26)27/h2-4,6,8,10,19,22H,5,7H2,1H3,(H,20,25)(H,23,24)(H,26,27)/t10-/m0/s1. The van der Waals surface area contributed by atoms with Crippen LogP contribution in [0.2, 0.25) is 0 Å². The fourth-order valence-corrected chi connectivity index (χ4v) is 4.66. The van der Waals surface area contributed by atoms with E-state index in [-0.39, 0.29) is 16.3 Å². The maximum absolute atomic E-state index is 12.4. The van der Waals surface area contributed by atoms with Gasteiger partial charge in [0.25, 0.3) is 5.91 Å². The van der Waals surface area contributed by atoms with Gasteiger partial charge in [0, 0.05) is 11.4 Å². The molecule has 0 saturated heterocycles. The summed E-state index contributed by atoms with van der Waals surface area (Å²) in [6.45, 7) is 1.38. The van der Waals surface area contributed by atoms with Crippen molar-refractivity contribution in [3.8, 4) is 5.75 Å². The van der Waals surface area contributed by atoms with Gasteiger partial charge in [-0.05, 0) is 36.8 Å². The number of aryl methyl sites for hydroxylation is 1. The molecule has 1 atom stereocenters. The average molecular weight is 470 g/mol. The van der Waals surface area contributed by atoms with Gasteiger partial charge in [-0.2, -0.15) is 0 Å². The lowest BCUT2D eigenvalue weighted by atomic mass is 10.2. The van der Waals surface area contributed by atoms with Crippen LogP contribution in [-0.2, 0) is 26.2 Å². The predicted molar refractivity (Wildman–Crippen MR) is 108 cm³/mol. The third-order valence-electron chi connectivity index (χ3n) is 4.00. The first-order chi connectivity index (χ1) is 14.4. The number of sulfonamides is 1. The van der Waals surface area contributed by atoms with E-state index in [2.05, 4.69) is 10.0 Å². The van der Waals surface area contributed by atoms with Crippen molar-refractivity contribution in [2.75, 3.05) is 0 Å². The van der Waals surface area contributed by atoms with E-state index < -0.39 is 51.6 Å². The van der Waals surface area contributed by atoms with Crippen LogP contribution < -0.4 is 10.0 Å². The van der Waals surface area contributed by atoms with Gasteiger partial charge < -0.3 is 25.4 Å². The van der Waals surface area contributed by atoms with Gasteiger partial charge in [0.05, 0.1) is 22.2 Å². The number of phenols is 1. The second kappa shape index (κ2) is 9.68. The first-order valence-corrected chi connectivity index (χ1v) is 10.9. The monoisotopic (exact) mass is 470 g/mol. The smallest absolute Gasteiger partial charge is 0.339 e. The predicted octanol–water partition coefficient (Wildman–Crippen LogP) is 0.711. The molecule has 0 fully saturated rings. The topological polar surface area (TPSA) is 187 Å². The molecule has 0 aliphatic heterocycles. The van der Waals surface area contributed by atoms with Crippen LogP contribution >= 0.6 is 11.3 Å². The second-order valence-corrected chi connectivity index (χ2v) is 9.25. The van der Waals surface area contributed by atoms with Crippen LogP contribution in [0.25, 0.3) is 0 Å². The number of aliphatic carboxylic acids is 1. The van der Waals surface area contributed by atoms with Gasteiger partial charge in [-0.3, -0.25) is 9.59 Å². The normalized spacial score (nSPS) is 12.2. The maximum Gasteiger partial charge on any atom is 0.339 e. The molecule has 1 aromatic carbocycles. The number of carbonyl (C=O) groups is 4. The first kappa shape index (κ1) is 24.0. The molecular weight excluding hydrogens is 452 g/mol. The van der Waals surface area contributed by atoms with Crippen molar-refractivity contribution in [1.29, 1.82) is 0 Å². The second-order valence-electron chi connectivity index (χ2n) is 6.35. The number of benzene rings is 1. The van der Waals surface area contributed by atoms with Crippen LogP contribution in [0, 0.1) is 6.92 Å². The number of carboxylic acids is 2. The number of aromatic hydroxyl groups is 1. The van der Waals surface area contributed by atoms with E-state index in [0.717, 1.165) is 29.5 Å². The molecule has 1 aromatic heterocycles. The molecule has 0 radical (unpaired) electrons. The lowest BCUT2D eigenvalue weighted by molar-refractivity contribution is -0.138. The third kappa shape index (κ3) is 6.10. The minimum absolute atomic E-state index is 0.184. The number of amides is 1. The Hall–Kier alpha value is -3.29. The summed E-state index contributed by atoms with van der Waals surface area (Å²) in [5.41, 5.74) is -0.0747. The molecular formula is C18H18N2O9S2. The van der Waals surface area contributed by atoms with Crippen molar-refractivity contribution in [2.24, 2.45) is 0 Å². The Bertz CT molecular complexity index is 1140. The molecule has 0 spiro atoms. The number of thiophene rings is 1. The summed E-state index contributed by atoms with van der Waals surface area (Å²) in [5.74, 6) is -3.99. The number of rotatable bonds is 10. The molecule has 5 N–H and O–H groups in total. The van der Waals surface area contributed by atoms with Crippen molar-refractivity contribution in [2.45, 2.75) is 30.8 Å². The van der Waals surface area contributed by atoms with Crippen LogP contribution in [-0.4, -0.2) is 53.9 Å². The number of nitrogens with one attached hydrogen (secondary N) is 2. The van der Waals surface area contributed by atoms with Crippen molar-refractivity contribution in [3.63, 3.8) is 0 Å².